The molecule has 1 unspecified atom stereocenters. The van der Waals surface area contributed by atoms with Crippen LogP contribution in [0.2, 0.25) is 0 Å². The van der Waals surface area contributed by atoms with Crippen LogP contribution >= 0.6 is 0 Å². The maximum atomic E-state index is 12.4. The molecule has 134 valence electrons. The predicted octanol–water partition coefficient (Wildman–Crippen LogP) is 3.31. The van der Waals surface area contributed by atoms with Gasteiger partial charge in [0.05, 0.1) is 4.90 Å². The van der Waals surface area contributed by atoms with Crippen molar-refractivity contribution in [2.24, 2.45) is 5.92 Å². The number of carbonyl (C=O) groups excluding carboxylic acids is 1. The molecule has 0 bridgehead atoms. The van der Waals surface area contributed by atoms with Gasteiger partial charge in [-0.1, -0.05) is 33.1 Å². The number of amides is 1. The molecule has 1 fully saturated rings. The zero-order valence-electron chi connectivity index (χ0n) is 14.6. The van der Waals surface area contributed by atoms with Gasteiger partial charge in [0.1, 0.15) is 0 Å². The molecule has 5 nitrogen and oxygen atoms in total. The van der Waals surface area contributed by atoms with E-state index in [0.717, 1.165) is 37.8 Å². The van der Waals surface area contributed by atoms with E-state index < -0.39 is 10.0 Å². The molecule has 2 rings (SSSR count). The molecule has 1 aliphatic rings. The molecule has 1 aromatic carbocycles. The van der Waals surface area contributed by atoms with Crippen molar-refractivity contribution < 1.29 is 13.2 Å². The predicted molar refractivity (Wildman–Crippen MR) is 96.5 cm³/mol. The van der Waals surface area contributed by atoms with E-state index in [1.165, 1.54) is 0 Å². The van der Waals surface area contributed by atoms with Crippen LogP contribution in [-0.2, 0) is 14.8 Å². The Balaban J connectivity index is 2.00. The highest BCUT2D eigenvalue weighted by atomic mass is 32.2. The van der Waals surface area contributed by atoms with Crippen LogP contribution in [0.4, 0.5) is 5.69 Å². The minimum Gasteiger partial charge on any atom is -0.312 e. The summed E-state index contributed by atoms with van der Waals surface area (Å²) in [7, 11) is -3.50. The van der Waals surface area contributed by atoms with Crippen molar-refractivity contribution in [2.75, 3.05) is 18.0 Å². The number of nitrogens with one attached hydrogen (secondary N) is 1. The number of unbranched alkanes of at least 4 members (excludes halogenated alkanes) is 1. The van der Waals surface area contributed by atoms with Crippen molar-refractivity contribution in [2.45, 2.75) is 57.3 Å². The fourth-order valence-electron chi connectivity index (χ4n) is 2.98. The number of sulfonamides is 1. The lowest BCUT2D eigenvalue weighted by Crippen LogP contribution is -2.29. The fourth-order valence-corrected chi connectivity index (χ4v) is 4.10. The van der Waals surface area contributed by atoms with Crippen LogP contribution in [0, 0.1) is 5.92 Å². The summed E-state index contributed by atoms with van der Waals surface area (Å²) in [5, 5.41) is 0. The van der Waals surface area contributed by atoms with Gasteiger partial charge in [0.25, 0.3) is 0 Å². The first-order valence-corrected chi connectivity index (χ1v) is 10.4. The second-order valence-corrected chi connectivity index (χ2v) is 8.18. The molecule has 1 aromatic rings. The number of hydrogen-bond acceptors (Lipinski definition) is 3. The van der Waals surface area contributed by atoms with Crippen LogP contribution in [0.3, 0.4) is 0 Å². The number of benzene rings is 1. The van der Waals surface area contributed by atoms with Gasteiger partial charge in [-0.2, -0.15) is 0 Å². The van der Waals surface area contributed by atoms with Gasteiger partial charge in [0.15, 0.2) is 0 Å². The summed E-state index contributed by atoms with van der Waals surface area (Å²) in [6, 6.07) is 6.59. The topological polar surface area (TPSA) is 66.5 Å². The van der Waals surface area contributed by atoms with E-state index in [4.69, 9.17) is 0 Å². The van der Waals surface area contributed by atoms with Gasteiger partial charge in [0.2, 0.25) is 15.9 Å². The van der Waals surface area contributed by atoms with Crippen LogP contribution in [0.25, 0.3) is 0 Å². The molecule has 1 saturated heterocycles. The Morgan fingerprint density at radius 3 is 2.46 bits per heavy atom. The SMILES string of the molecule is CCCCC(CC)CNS(=O)(=O)c1ccc(N2CCCC2=O)cc1. The van der Waals surface area contributed by atoms with Gasteiger partial charge in [-0.15, -0.1) is 0 Å². The van der Waals surface area contributed by atoms with Crippen LogP contribution in [0.15, 0.2) is 29.2 Å². The van der Waals surface area contributed by atoms with Gasteiger partial charge < -0.3 is 4.90 Å². The van der Waals surface area contributed by atoms with Crippen molar-refractivity contribution in [3.63, 3.8) is 0 Å². The third-order valence-electron chi connectivity index (χ3n) is 4.64. The van der Waals surface area contributed by atoms with Gasteiger partial charge in [0, 0.05) is 25.2 Å². The zero-order valence-corrected chi connectivity index (χ0v) is 15.4. The number of anilines is 1. The summed E-state index contributed by atoms with van der Waals surface area (Å²) >= 11 is 0. The molecule has 1 aliphatic heterocycles. The van der Waals surface area contributed by atoms with Crippen molar-refractivity contribution in [1.82, 2.24) is 4.72 Å². The van der Waals surface area contributed by atoms with E-state index in [9.17, 15) is 13.2 Å². The molecule has 0 aliphatic carbocycles. The first-order valence-electron chi connectivity index (χ1n) is 8.88. The van der Waals surface area contributed by atoms with Gasteiger partial charge in [-0.3, -0.25) is 4.79 Å². The van der Waals surface area contributed by atoms with Crippen molar-refractivity contribution >= 4 is 21.6 Å². The van der Waals surface area contributed by atoms with E-state index >= 15 is 0 Å². The van der Waals surface area contributed by atoms with Crippen LogP contribution in [0.1, 0.15) is 52.4 Å². The van der Waals surface area contributed by atoms with Crippen molar-refractivity contribution in [3.8, 4) is 0 Å². The third-order valence-corrected chi connectivity index (χ3v) is 6.08. The lowest BCUT2D eigenvalue weighted by Gasteiger charge is -2.17. The third kappa shape index (κ3) is 4.80. The summed E-state index contributed by atoms with van der Waals surface area (Å²) in [6.07, 6.45) is 5.69. The minimum absolute atomic E-state index is 0.102. The molecule has 1 N–H and O–H groups in total. The largest absolute Gasteiger partial charge is 0.312 e. The van der Waals surface area contributed by atoms with Crippen LogP contribution in [-0.4, -0.2) is 27.4 Å². The van der Waals surface area contributed by atoms with E-state index in [2.05, 4.69) is 18.6 Å². The smallest absolute Gasteiger partial charge is 0.240 e. The Kier molecular flexibility index (Phi) is 6.80. The first kappa shape index (κ1) is 18.9. The fraction of sp³-hybridized carbons (Fsp3) is 0.611. The molecule has 1 amide bonds. The van der Waals surface area contributed by atoms with Gasteiger partial charge in [-0.05, 0) is 43.0 Å². The average Bonchev–Trinajstić information content (AvgIpc) is 3.01. The minimum atomic E-state index is -3.50. The van der Waals surface area contributed by atoms with Crippen molar-refractivity contribution in [3.05, 3.63) is 24.3 Å². The lowest BCUT2D eigenvalue weighted by atomic mass is 10.00. The molecular formula is C18H28N2O3S. The molecule has 24 heavy (non-hydrogen) atoms. The van der Waals surface area contributed by atoms with Crippen molar-refractivity contribution in [1.29, 1.82) is 0 Å². The Hall–Kier alpha value is -1.40. The van der Waals surface area contributed by atoms with Crippen LogP contribution < -0.4 is 9.62 Å². The molecule has 0 spiro atoms. The normalized spacial score (nSPS) is 16.6. The highest BCUT2D eigenvalue weighted by molar-refractivity contribution is 7.89. The second-order valence-electron chi connectivity index (χ2n) is 6.41. The van der Waals surface area contributed by atoms with Gasteiger partial charge in [-0.25, -0.2) is 13.1 Å². The second kappa shape index (κ2) is 8.62. The summed E-state index contributed by atoms with van der Waals surface area (Å²) in [6.45, 7) is 5.42. The molecule has 6 heteroatoms. The highest BCUT2D eigenvalue weighted by Gasteiger charge is 2.22. The monoisotopic (exact) mass is 352 g/mol. The van der Waals surface area contributed by atoms with Gasteiger partial charge >= 0.3 is 0 Å². The first-order chi connectivity index (χ1) is 11.5. The summed E-state index contributed by atoms with van der Waals surface area (Å²) < 4.78 is 27.6. The van der Waals surface area contributed by atoms with E-state index in [1.807, 2.05) is 0 Å². The summed E-state index contributed by atoms with van der Waals surface area (Å²) in [5.41, 5.74) is 0.769. The quantitative estimate of drug-likeness (QED) is 0.741. The van der Waals surface area contributed by atoms with Crippen LogP contribution in [0.5, 0.6) is 0 Å². The maximum Gasteiger partial charge on any atom is 0.240 e. The molecule has 1 heterocycles. The molecule has 0 aromatic heterocycles. The zero-order chi connectivity index (χ0) is 17.6. The van der Waals surface area contributed by atoms with E-state index in [1.54, 1.807) is 29.2 Å². The molecule has 0 radical (unpaired) electrons. The Morgan fingerprint density at radius 1 is 1.21 bits per heavy atom. The maximum absolute atomic E-state index is 12.4. The van der Waals surface area contributed by atoms with E-state index in [0.29, 0.717) is 25.4 Å². The highest BCUT2D eigenvalue weighted by Crippen LogP contribution is 2.23. The Morgan fingerprint density at radius 2 is 1.92 bits per heavy atom. The molecular weight excluding hydrogens is 324 g/mol. The Labute approximate surface area is 145 Å². The number of hydrogen-bond donors (Lipinski definition) is 1. The lowest BCUT2D eigenvalue weighted by molar-refractivity contribution is -0.117. The standard InChI is InChI=1S/C18H28N2O3S/c1-3-5-7-15(4-2)14-19-24(22,23)17-11-9-16(10-12-17)20-13-6-8-18(20)21/h9-12,15,19H,3-8,13-14H2,1-2H3. The number of rotatable bonds is 9. The molecule has 1 atom stereocenters. The summed E-state index contributed by atoms with van der Waals surface area (Å²) in [4.78, 5) is 13.7. The Bertz CT molecular complexity index is 641. The number of nitrogens with zero attached hydrogens (tertiary/aromatic N) is 1. The van der Waals surface area contributed by atoms with E-state index in [-0.39, 0.29) is 10.8 Å². The molecule has 0 saturated carbocycles. The number of carbonyl (C=O) groups is 1. The summed E-state index contributed by atoms with van der Waals surface area (Å²) in [5.74, 6) is 0.478. The average molecular weight is 353 g/mol.